The van der Waals surface area contributed by atoms with Crippen molar-refractivity contribution in [2.75, 3.05) is 38.0 Å². The number of benzene rings is 1. The molecule has 5 nitrogen and oxygen atoms in total. The van der Waals surface area contributed by atoms with Crippen LogP contribution in [-0.4, -0.2) is 54.3 Å². The van der Waals surface area contributed by atoms with Crippen LogP contribution in [0, 0.1) is 5.82 Å². The van der Waals surface area contributed by atoms with E-state index in [-0.39, 0.29) is 24.2 Å². The molecule has 0 spiro atoms. The quantitative estimate of drug-likeness (QED) is 0.885. The molecule has 0 saturated carbocycles. The highest BCUT2D eigenvalue weighted by Gasteiger charge is 2.24. The number of anilines is 1. The minimum absolute atomic E-state index is 0.0210. The maximum atomic E-state index is 12.9. The second-order valence-electron chi connectivity index (χ2n) is 5.73. The van der Waals surface area contributed by atoms with Gasteiger partial charge in [0.05, 0.1) is 15.8 Å². The van der Waals surface area contributed by atoms with Gasteiger partial charge in [-0.05, 0) is 36.4 Å². The molecule has 0 unspecified atom stereocenters. The summed E-state index contributed by atoms with van der Waals surface area (Å²) in [5, 5.41) is 2.74. The van der Waals surface area contributed by atoms with Gasteiger partial charge in [0.25, 0.3) is 5.91 Å². The number of carbonyl (C=O) groups excluding carboxylic acids is 2. The summed E-state index contributed by atoms with van der Waals surface area (Å²) in [5.74, 6) is -0.519. The molecule has 8 heteroatoms. The Balaban J connectivity index is 1.46. The van der Waals surface area contributed by atoms with Gasteiger partial charge in [-0.25, -0.2) is 4.39 Å². The maximum absolute atomic E-state index is 12.9. The lowest BCUT2D eigenvalue weighted by molar-refractivity contribution is -0.117. The zero-order chi connectivity index (χ0) is 17.8. The van der Waals surface area contributed by atoms with E-state index in [1.165, 1.54) is 35.6 Å². The lowest BCUT2D eigenvalue weighted by atomic mass is 10.2. The summed E-state index contributed by atoms with van der Waals surface area (Å²) >= 11 is 7.15. The van der Waals surface area contributed by atoms with Crippen molar-refractivity contribution in [2.24, 2.45) is 0 Å². The van der Waals surface area contributed by atoms with Gasteiger partial charge < -0.3 is 10.2 Å². The van der Waals surface area contributed by atoms with Gasteiger partial charge in [0.15, 0.2) is 0 Å². The zero-order valence-electron chi connectivity index (χ0n) is 13.4. The minimum atomic E-state index is -0.342. The topological polar surface area (TPSA) is 52.7 Å². The summed E-state index contributed by atoms with van der Waals surface area (Å²) in [4.78, 5) is 28.8. The third-order valence-electron chi connectivity index (χ3n) is 3.94. The first-order valence-electron chi connectivity index (χ1n) is 7.83. The largest absolute Gasteiger partial charge is 0.335 e. The van der Waals surface area contributed by atoms with Crippen LogP contribution >= 0.6 is 22.9 Å². The van der Waals surface area contributed by atoms with Crippen molar-refractivity contribution in [1.82, 2.24) is 9.80 Å². The zero-order valence-corrected chi connectivity index (χ0v) is 14.9. The van der Waals surface area contributed by atoms with Gasteiger partial charge in [-0.3, -0.25) is 14.5 Å². The third-order valence-corrected chi connectivity index (χ3v) is 5.16. The number of rotatable bonds is 4. The molecule has 25 heavy (non-hydrogen) atoms. The van der Waals surface area contributed by atoms with E-state index in [0.717, 1.165) is 0 Å². The summed E-state index contributed by atoms with van der Waals surface area (Å²) < 4.78 is 13.5. The highest BCUT2D eigenvalue weighted by atomic mass is 35.5. The molecular formula is C17H17ClFN3O2S. The van der Waals surface area contributed by atoms with Crippen LogP contribution in [0.5, 0.6) is 0 Å². The molecular weight excluding hydrogens is 365 g/mol. The molecule has 1 aromatic heterocycles. The summed E-state index contributed by atoms with van der Waals surface area (Å²) in [6.07, 6.45) is 0. The Hall–Kier alpha value is -1.96. The molecule has 132 valence electrons. The second-order valence-corrected chi connectivity index (χ2v) is 7.44. The molecule has 0 bridgehead atoms. The number of hydrogen-bond acceptors (Lipinski definition) is 4. The lowest BCUT2D eigenvalue weighted by Crippen LogP contribution is -2.50. The Kier molecular flexibility index (Phi) is 5.67. The van der Waals surface area contributed by atoms with E-state index in [4.69, 9.17) is 11.6 Å². The molecule has 0 radical (unpaired) electrons. The predicted molar refractivity (Wildman–Crippen MR) is 96.7 cm³/mol. The van der Waals surface area contributed by atoms with E-state index in [1.54, 1.807) is 17.0 Å². The monoisotopic (exact) mass is 381 g/mol. The van der Waals surface area contributed by atoms with E-state index in [2.05, 4.69) is 5.32 Å². The minimum Gasteiger partial charge on any atom is -0.335 e. The standard InChI is InChI=1S/C17H17ClFN3O2S/c18-15-6-5-14(25-15)17(24)22-9-7-21(8-10-22)11-16(23)20-13-3-1-12(19)2-4-13/h1-6H,7-11H2,(H,20,23). The molecule has 1 aromatic carbocycles. The van der Waals surface area contributed by atoms with Crippen LogP contribution in [0.2, 0.25) is 4.34 Å². The molecule has 1 aliphatic heterocycles. The highest BCUT2D eigenvalue weighted by Crippen LogP contribution is 2.23. The first-order chi connectivity index (χ1) is 12.0. The molecule has 0 atom stereocenters. The van der Waals surface area contributed by atoms with Crippen molar-refractivity contribution in [3.8, 4) is 0 Å². The van der Waals surface area contributed by atoms with E-state index in [9.17, 15) is 14.0 Å². The first kappa shape index (κ1) is 17.8. The predicted octanol–water partition coefficient (Wildman–Crippen LogP) is 2.94. The van der Waals surface area contributed by atoms with Crippen LogP contribution in [0.25, 0.3) is 0 Å². The summed E-state index contributed by atoms with van der Waals surface area (Å²) in [6, 6.07) is 9.10. The van der Waals surface area contributed by atoms with Crippen LogP contribution in [0.15, 0.2) is 36.4 Å². The number of amides is 2. The SMILES string of the molecule is O=C(CN1CCN(C(=O)c2ccc(Cl)s2)CC1)Nc1ccc(F)cc1. The van der Waals surface area contributed by atoms with Crippen LogP contribution < -0.4 is 5.32 Å². The van der Waals surface area contributed by atoms with Crippen molar-refractivity contribution in [3.05, 3.63) is 51.4 Å². The van der Waals surface area contributed by atoms with Gasteiger partial charge >= 0.3 is 0 Å². The van der Waals surface area contributed by atoms with Gasteiger partial charge in [-0.1, -0.05) is 11.6 Å². The van der Waals surface area contributed by atoms with Gasteiger partial charge in [0.1, 0.15) is 5.82 Å². The summed E-state index contributed by atoms with van der Waals surface area (Å²) in [7, 11) is 0. The fraction of sp³-hybridized carbons (Fsp3) is 0.294. The van der Waals surface area contributed by atoms with Crippen LogP contribution in [0.4, 0.5) is 10.1 Å². The van der Waals surface area contributed by atoms with Crippen molar-refractivity contribution in [1.29, 1.82) is 0 Å². The number of thiophene rings is 1. The number of halogens is 2. The Morgan fingerprint density at radius 1 is 1.08 bits per heavy atom. The molecule has 1 N–H and O–H groups in total. The van der Waals surface area contributed by atoms with Crippen LogP contribution in [-0.2, 0) is 4.79 Å². The van der Waals surface area contributed by atoms with Crippen molar-refractivity contribution >= 4 is 40.4 Å². The molecule has 2 amide bonds. The number of carbonyl (C=O) groups is 2. The molecule has 2 heterocycles. The Morgan fingerprint density at radius 3 is 2.36 bits per heavy atom. The number of nitrogens with one attached hydrogen (secondary N) is 1. The average molecular weight is 382 g/mol. The Labute approximate surface area is 154 Å². The van der Waals surface area contributed by atoms with Gasteiger partial charge in [-0.2, -0.15) is 0 Å². The van der Waals surface area contributed by atoms with Crippen molar-refractivity contribution < 1.29 is 14.0 Å². The molecule has 1 saturated heterocycles. The molecule has 2 aromatic rings. The summed E-state index contributed by atoms with van der Waals surface area (Å²) in [5.41, 5.74) is 0.565. The average Bonchev–Trinajstić information content (AvgIpc) is 3.03. The molecule has 1 aliphatic rings. The van der Waals surface area contributed by atoms with Gasteiger partial charge in [0, 0.05) is 31.9 Å². The first-order valence-corrected chi connectivity index (χ1v) is 9.03. The molecule has 0 aliphatic carbocycles. The van der Waals surface area contributed by atoms with E-state index in [0.29, 0.717) is 41.1 Å². The maximum Gasteiger partial charge on any atom is 0.264 e. The van der Waals surface area contributed by atoms with E-state index in [1.807, 2.05) is 4.90 Å². The Morgan fingerprint density at radius 2 is 1.76 bits per heavy atom. The number of piperazine rings is 1. The normalized spacial score (nSPS) is 15.2. The third kappa shape index (κ3) is 4.78. The lowest BCUT2D eigenvalue weighted by Gasteiger charge is -2.34. The molecule has 1 fully saturated rings. The van der Waals surface area contributed by atoms with Crippen LogP contribution in [0.1, 0.15) is 9.67 Å². The fourth-order valence-corrected chi connectivity index (χ4v) is 3.64. The van der Waals surface area contributed by atoms with Crippen LogP contribution in [0.3, 0.4) is 0 Å². The van der Waals surface area contributed by atoms with Crippen molar-refractivity contribution in [3.63, 3.8) is 0 Å². The second kappa shape index (κ2) is 7.95. The highest BCUT2D eigenvalue weighted by molar-refractivity contribution is 7.17. The Bertz CT molecular complexity index is 758. The van der Waals surface area contributed by atoms with E-state index < -0.39 is 0 Å². The summed E-state index contributed by atoms with van der Waals surface area (Å²) in [6.45, 7) is 2.63. The number of hydrogen-bond donors (Lipinski definition) is 1. The number of nitrogens with zero attached hydrogens (tertiary/aromatic N) is 2. The fourth-order valence-electron chi connectivity index (χ4n) is 2.63. The van der Waals surface area contributed by atoms with Gasteiger partial charge in [0.2, 0.25) is 5.91 Å². The smallest absolute Gasteiger partial charge is 0.264 e. The van der Waals surface area contributed by atoms with E-state index >= 15 is 0 Å². The van der Waals surface area contributed by atoms with Gasteiger partial charge in [-0.15, -0.1) is 11.3 Å². The van der Waals surface area contributed by atoms with Crippen molar-refractivity contribution in [2.45, 2.75) is 0 Å². The molecule has 3 rings (SSSR count).